The molecule has 1 unspecified atom stereocenters. The first-order chi connectivity index (χ1) is 7.66. The van der Waals surface area contributed by atoms with Gasteiger partial charge in [-0.2, -0.15) is 0 Å². The number of aliphatic hydroxyl groups excluding tert-OH is 1. The lowest BCUT2D eigenvalue weighted by Crippen LogP contribution is -2.02. The van der Waals surface area contributed by atoms with Crippen molar-refractivity contribution in [2.24, 2.45) is 0 Å². The Morgan fingerprint density at radius 3 is 2.69 bits per heavy atom. The molecule has 2 rings (SSSR count). The van der Waals surface area contributed by atoms with E-state index in [0.717, 1.165) is 5.56 Å². The summed E-state index contributed by atoms with van der Waals surface area (Å²) in [6, 6.07) is 6.89. The fourth-order valence-electron chi connectivity index (χ4n) is 1.31. The number of aromatic nitrogens is 2. The number of hydrogen-bond acceptors (Lipinski definition) is 3. The Labute approximate surface area is 106 Å². The van der Waals surface area contributed by atoms with E-state index in [1.807, 2.05) is 0 Å². The van der Waals surface area contributed by atoms with Crippen molar-refractivity contribution in [1.29, 1.82) is 0 Å². The van der Waals surface area contributed by atoms with Gasteiger partial charge < -0.3 is 5.11 Å². The van der Waals surface area contributed by atoms with E-state index >= 15 is 0 Å². The fraction of sp³-hybridized carbons (Fsp3) is 0.0909. The smallest absolute Gasteiger partial charge is 0.121 e. The molecule has 2 aromatic rings. The van der Waals surface area contributed by atoms with Gasteiger partial charge in [-0.25, -0.2) is 4.98 Å². The van der Waals surface area contributed by atoms with Crippen molar-refractivity contribution < 1.29 is 5.11 Å². The van der Waals surface area contributed by atoms with Crippen LogP contribution in [0, 0.1) is 0 Å². The van der Waals surface area contributed by atoms with E-state index in [9.17, 15) is 5.11 Å². The predicted octanol–water partition coefficient (Wildman–Crippen LogP) is 2.97. The van der Waals surface area contributed by atoms with Crippen LogP contribution in [0.2, 0.25) is 5.02 Å². The molecule has 0 bridgehead atoms. The van der Waals surface area contributed by atoms with Crippen molar-refractivity contribution >= 4 is 27.5 Å². The van der Waals surface area contributed by atoms with Gasteiger partial charge in [-0.15, -0.1) is 0 Å². The van der Waals surface area contributed by atoms with Crippen LogP contribution in [-0.4, -0.2) is 15.1 Å². The first kappa shape index (κ1) is 11.5. The predicted molar refractivity (Wildman–Crippen MR) is 65.2 cm³/mol. The monoisotopic (exact) mass is 298 g/mol. The van der Waals surface area contributed by atoms with Crippen LogP contribution in [0.5, 0.6) is 0 Å². The summed E-state index contributed by atoms with van der Waals surface area (Å²) in [7, 11) is 0. The first-order valence-corrected chi connectivity index (χ1v) is 5.75. The van der Waals surface area contributed by atoms with E-state index in [-0.39, 0.29) is 0 Å². The van der Waals surface area contributed by atoms with E-state index in [1.54, 1.807) is 30.5 Å². The van der Waals surface area contributed by atoms with E-state index in [2.05, 4.69) is 25.9 Å². The van der Waals surface area contributed by atoms with Crippen molar-refractivity contribution in [3.8, 4) is 0 Å². The zero-order chi connectivity index (χ0) is 11.5. The Kier molecular flexibility index (Phi) is 3.53. The zero-order valence-electron chi connectivity index (χ0n) is 8.14. The molecular formula is C11H8BrClN2O. The summed E-state index contributed by atoms with van der Waals surface area (Å²) in [6.07, 6.45) is 2.37. The molecule has 0 aliphatic carbocycles. The molecule has 2 heterocycles. The van der Waals surface area contributed by atoms with E-state index < -0.39 is 6.10 Å². The molecule has 5 heteroatoms. The highest BCUT2D eigenvalue weighted by Gasteiger charge is 2.11. The van der Waals surface area contributed by atoms with Crippen LogP contribution in [0.15, 0.2) is 41.3 Å². The van der Waals surface area contributed by atoms with Crippen LogP contribution < -0.4 is 0 Å². The molecule has 0 aliphatic heterocycles. The van der Waals surface area contributed by atoms with Crippen LogP contribution in [0.3, 0.4) is 0 Å². The number of rotatable bonds is 2. The molecule has 0 aromatic carbocycles. The number of aliphatic hydroxyl groups is 1. The maximum Gasteiger partial charge on any atom is 0.121 e. The average molecular weight is 300 g/mol. The summed E-state index contributed by atoms with van der Waals surface area (Å²) < 4.78 is 0.679. The highest BCUT2D eigenvalue weighted by Crippen LogP contribution is 2.22. The van der Waals surface area contributed by atoms with Gasteiger partial charge in [0.15, 0.2) is 0 Å². The third kappa shape index (κ3) is 2.58. The fourth-order valence-corrected chi connectivity index (χ4v) is 1.80. The minimum Gasteiger partial charge on any atom is -0.382 e. The van der Waals surface area contributed by atoms with Gasteiger partial charge >= 0.3 is 0 Å². The van der Waals surface area contributed by atoms with E-state index in [0.29, 0.717) is 15.3 Å². The normalized spacial score (nSPS) is 12.4. The number of halogens is 2. The Morgan fingerprint density at radius 1 is 1.25 bits per heavy atom. The lowest BCUT2D eigenvalue weighted by molar-refractivity contribution is 0.215. The maximum absolute atomic E-state index is 10.1. The molecule has 1 N–H and O–H groups in total. The first-order valence-electron chi connectivity index (χ1n) is 4.58. The van der Waals surface area contributed by atoms with Gasteiger partial charge in [0, 0.05) is 12.4 Å². The molecule has 0 fully saturated rings. The lowest BCUT2D eigenvalue weighted by Gasteiger charge is -2.10. The Hall–Kier alpha value is -0.970. The molecule has 1 atom stereocenters. The zero-order valence-corrected chi connectivity index (χ0v) is 10.5. The Bertz CT molecular complexity index is 490. The van der Waals surface area contributed by atoms with Gasteiger partial charge in [-0.05, 0) is 45.8 Å². The molecule has 0 spiro atoms. The third-order valence-electron chi connectivity index (χ3n) is 2.10. The van der Waals surface area contributed by atoms with Gasteiger partial charge in [0.2, 0.25) is 0 Å². The molecule has 16 heavy (non-hydrogen) atoms. The third-order valence-corrected chi connectivity index (χ3v) is 2.75. The molecule has 3 nitrogen and oxygen atoms in total. The van der Waals surface area contributed by atoms with Crippen LogP contribution in [-0.2, 0) is 0 Å². The summed E-state index contributed by atoms with van der Waals surface area (Å²) in [5, 5.41) is 10.6. The SMILES string of the molecule is OC(c1ccnc(Br)c1)c1ccc(Cl)cn1. The molecule has 0 amide bonds. The lowest BCUT2D eigenvalue weighted by atomic mass is 10.1. The van der Waals surface area contributed by atoms with Crippen LogP contribution >= 0.6 is 27.5 Å². The van der Waals surface area contributed by atoms with Crippen LogP contribution in [0.1, 0.15) is 17.4 Å². The quantitative estimate of drug-likeness (QED) is 0.867. The maximum atomic E-state index is 10.1. The largest absolute Gasteiger partial charge is 0.382 e. The van der Waals surface area contributed by atoms with Gasteiger partial charge in [0.05, 0.1) is 10.7 Å². The van der Waals surface area contributed by atoms with Gasteiger partial charge in [-0.3, -0.25) is 4.98 Å². The van der Waals surface area contributed by atoms with Gasteiger partial charge in [0.1, 0.15) is 10.7 Å². The van der Waals surface area contributed by atoms with E-state index in [1.165, 1.54) is 6.20 Å². The Balaban J connectivity index is 2.31. The van der Waals surface area contributed by atoms with Crippen LogP contribution in [0.25, 0.3) is 0 Å². The highest BCUT2D eigenvalue weighted by atomic mass is 79.9. The molecule has 0 aliphatic rings. The Morgan fingerprint density at radius 2 is 2.06 bits per heavy atom. The summed E-state index contributed by atoms with van der Waals surface area (Å²) >= 11 is 8.98. The van der Waals surface area contributed by atoms with Crippen molar-refractivity contribution in [3.63, 3.8) is 0 Å². The topological polar surface area (TPSA) is 46.0 Å². The second-order valence-corrected chi connectivity index (χ2v) is 4.46. The number of pyridine rings is 2. The molecule has 0 saturated carbocycles. The second kappa shape index (κ2) is 4.91. The molecular weight excluding hydrogens is 291 g/mol. The van der Waals surface area contributed by atoms with Crippen molar-refractivity contribution in [2.75, 3.05) is 0 Å². The molecule has 2 aromatic heterocycles. The molecule has 0 saturated heterocycles. The summed E-state index contributed by atoms with van der Waals surface area (Å²) in [4.78, 5) is 8.06. The van der Waals surface area contributed by atoms with E-state index in [4.69, 9.17) is 11.6 Å². The summed E-state index contributed by atoms with van der Waals surface area (Å²) in [5.41, 5.74) is 1.29. The average Bonchev–Trinajstić information content (AvgIpc) is 2.29. The molecule has 0 radical (unpaired) electrons. The highest BCUT2D eigenvalue weighted by molar-refractivity contribution is 9.10. The summed E-state index contributed by atoms with van der Waals surface area (Å²) in [6.45, 7) is 0. The number of hydrogen-bond donors (Lipinski definition) is 1. The second-order valence-electron chi connectivity index (χ2n) is 3.22. The molecule has 82 valence electrons. The van der Waals surface area contributed by atoms with Crippen LogP contribution in [0.4, 0.5) is 0 Å². The minimum atomic E-state index is -0.767. The van der Waals surface area contributed by atoms with Gasteiger partial charge in [0.25, 0.3) is 0 Å². The van der Waals surface area contributed by atoms with Crippen molar-refractivity contribution in [1.82, 2.24) is 9.97 Å². The minimum absolute atomic E-state index is 0.548. The standard InChI is InChI=1S/C11H8BrClN2O/c12-10-5-7(3-4-14-10)11(16)9-2-1-8(13)6-15-9/h1-6,11,16H. The number of nitrogens with zero attached hydrogens (tertiary/aromatic N) is 2. The van der Waals surface area contributed by atoms with Crippen molar-refractivity contribution in [2.45, 2.75) is 6.10 Å². The van der Waals surface area contributed by atoms with Gasteiger partial charge in [-0.1, -0.05) is 11.6 Å². The summed E-state index contributed by atoms with van der Waals surface area (Å²) in [5.74, 6) is 0. The van der Waals surface area contributed by atoms with Crippen molar-refractivity contribution in [3.05, 3.63) is 57.5 Å².